The lowest BCUT2D eigenvalue weighted by atomic mass is 9.70. The second-order valence-corrected chi connectivity index (χ2v) is 7.68. The van der Waals surface area contributed by atoms with Crippen LogP contribution in [0.15, 0.2) is 18.2 Å². The smallest absolute Gasteiger partial charge is 0.142 e. The Morgan fingerprint density at radius 1 is 0.955 bits per heavy atom. The van der Waals surface area contributed by atoms with Crippen LogP contribution in [0.1, 0.15) is 63.4 Å². The van der Waals surface area contributed by atoms with Crippen LogP contribution >= 0.6 is 11.6 Å². The van der Waals surface area contributed by atoms with Crippen molar-refractivity contribution in [3.63, 3.8) is 0 Å². The fourth-order valence-electron chi connectivity index (χ4n) is 4.44. The summed E-state index contributed by atoms with van der Waals surface area (Å²) in [6.45, 7) is 0. The molecule has 0 nitrogen and oxygen atoms in total. The Morgan fingerprint density at radius 3 is 2.32 bits per heavy atom. The zero-order valence-corrected chi connectivity index (χ0v) is 14.1. The lowest BCUT2D eigenvalue weighted by molar-refractivity contribution is 0.173. The minimum atomic E-state index is -0.281. The van der Waals surface area contributed by atoms with Crippen molar-refractivity contribution in [1.82, 2.24) is 0 Å². The van der Waals surface area contributed by atoms with E-state index in [2.05, 4.69) is 6.42 Å². The standard InChI is InChI=1S/C20H27ClF/c21-19-13-10-16(14-20(19)22)7-6-15-8-11-18(12-9-15)17-4-2-1-3-5-17/h1,10,13-15,17-18H,2-9,11-12H2/t15-,18-. The van der Waals surface area contributed by atoms with Gasteiger partial charge in [-0.2, -0.15) is 0 Å². The number of hydrogen-bond acceptors (Lipinski definition) is 0. The Bertz CT molecular complexity index is 471. The van der Waals surface area contributed by atoms with Gasteiger partial charge in [-0.3, -0.25) is 0 Å². The summed E-state index contributed by atoms with van der Waals surface area (Å²) in [5.74, 6) is 2.54. The molecule has 0 aromatic heterocycles. The molecule has 0 unspecified atom stereocenters. The van der Waals surface area contributed by atoms with Gasteiger partial charge in [0.25, 0.3) is 0 Å². The van der Waals surface area contributed by atoms with Crippen molar-refractivity contribution in [3.8, 4) is 0 Å². The van der Waals surface area contributed by atoms with Gasteiger partial charge in [0.05, 0.1) is 5.02 Å². The first kappa shape index (κ1) is 16.3. The summed E-state index contributed by atoms with van der Waals surface area (Å²) >= 11 is 5.74. The molecule has 0 heterocycles. The predicted octanol–water partition coefficient (Wildman–Crippen LogP) is 6.61. The lowest BCUT2D eigenvalue weighted by Crippen LogP contribution is -2.23. The summed E-state index contributed by atoms with van der Waals surface area (Å²) in [5.41, 5.74) is 1.09. The Labute approximate surface area is 139 Å². The highest BCUT2D eigenvalue weighted by Crippen LogP contribution is 2.40. The maximum Gasteiger partial charge on any atom is 0.142 e. The SMILES string of the molecule is Fc1cc(CC[C@H]2CC[C@H](C3CC[CH]CC3)CC2)ccc1Cl. The van der Waals surface area contributed by atoms with E-state index in [0.29, 0.717) is 0 Å². The Morgan fingerprint density at radius 2 is 1.64 bits per heavy atom. The lowest BCUT2D eigenvalue weighted by Gasteiger charge is -2.35. The summed E-state index contributed by atoms with van der Waals surface area (Å²) in [6, 6.07) is 5.26. The summed E-state index contributed by atoms with van der Waals surface area (Å²) in [7, 11) is 0. The topological polar surface area (TPSA) is 0 Å². The molecule has 121 valence electrons. The summed E-state index contributed by atoms with van der Waals surface area (Å²) in [4.78, 5) is 0. The van der Waals surface area contributed by atoms with Crippen LogP contribution in [0.5, 0.6) is 0 Å². The molecule has 0 N–H and O–H groups in total. The molecular weight excluding hydrogens is 295 g/mol. The van der Waals surface area contributed by atoms with E-state index in [4.69, 9.17) is 11.6 Å². The van der Waals surface area contributed by atoms with Gasteiger partial charge >= 0.3 is 0 Å². The van der Waals surface area contributed by atoms with Gasteiger partial charge in [-0.25, -0.2) is 4.39 Å². The molecule has 2 aliphatic rings. The molecule has 1 aromatic rings. The van der Waals surface area contributed by atoms with Gasteiger partial charge in [0.1, 0.15) is 5.82 Å². The van der Waals surface area contributed by atoms with Crippen molar-refractivity contribution in [3.05, 3.63) is 41.0 Å². The second-order valence-electron chi connectivity index (χ2n) is 7.27. The minimum Gasteiger partial charge on any atom is -0.205 e. The van der Waals surface area contributed by atoms with Crippen LogP contribution < -0.4 is 0 Å². The third-order valence-corrected chi connectivity index (χ3v) is 6.17. The van der Waals surface area contributed by atoms with Crippen LogP contribution in [0.4, 0.5) is 4.39 Å². The summed E-state index contributed by atoms with van der Waals surface area (Å²) in [5, 5.41) is 0.231. The van der Waals surface area contributed by atoms with Crippen molar-refractivity contribution in [1.29, 1.82) is 0 Å². The zero-order chi connectivity index (χ0) is 15.4. The monoisotopic (exact) mass is 321 g/mol. The number of aryl methyl sites for hydroxylation is 1. The van der Waals surface area contributed by atoms with Gasteiger partial charge in [-0.05, 0) is 93.2 Å². The van der Waals surface area contributed by atoms with Crippen molar-refractivity contribution < 1.29 is 4.39 Å². The van der Waals surface area contributed by atoms with Crippen LogP contribution in [-0.2, 0) is 6.42 Å². The quantitative estimate of drug-likeness (QED) is 0.585. The third-order valence-electron chi connectivity index (χ3n) is 5.87. The minimum absolute atomic E-state index is 0.231. The van der Waals surface area contributed by atoms with Gasteiger partial charge in [-0.1, -0.05) is 30.5 Å². The van der Waals surface area contributed by atoms with Gasteiger partial charge in [0.15, 0.2) is 0 Å². The average molecular weight is 322 g/mol. The molecule has 1 radical (unpaired) electrons. The molecule has 0 saturated heterocycles. The number of rotatable bonds is 4. The van der Waals surface area contributed by atoms with Gasteiger partial charge in [0, 0.05) is 0 Å². The molecule has 1 aromatic carbocycles. The fraction of sp³-hybridized carbons (Fsp3) is 0.650. The highest BCUT2D eigenvalue weighted by atomic mass is 35.5. The molecule has 2 aliphatic carbocycles. The van der Waals surface area contributed by atoms with E-state index in [1.165, 1.54) is 57.8 Å². The Hall–Kier alpha value is -0.560. The Balaban J connectivity index is 1.42. The second kappa shape index (κ2) is 7.81. The van der Waals surface area contributed by atoms with Crippen LogP contribution in [-0.4, -0.2) is 0 Å². The molecule has 0 bridgehead atoms. The van der Waals surface area contributed by atoms with Gasteiger partial charge < -0.3 is 0 Å². The average Bonchev–Trinajstić information content (AvgIpc) is 2.57. The van der Waals surface area contributed by atoms with Crippen molar-refractivity contribution in [2.24, 2.45) is 17.8 Å². The van der Waals surface area contributed by atoms with Crippen LogP contribution in [0.25, 0.3) is 0 Å². The molecule has 2 saturated carbocycles. The van der Waals surface area contributed by atoms with Gasteiger partial charge in [0.2, 0.25) is 0 Å². The van der Waals surface area contributed by atoms with Crippen molar-refractivity contribution in [2.45, 2.75) is 64.2 Å². The molecule has 0 spiro atoms. The number of benzene rings is 1. The van der Waals surface area contributed by atoms with E-state index < -0.39 is 0 Å². The largest absolute Gasteiger partial charge is 0.205 e. The third kappa shape index (κ3) is 4.25. The first-order chi connectivity index (χ1) is 10.7. The first-order valence-electron chi connectivity index (χ1n) is 8.98. The number of hydrogen-bond donors (Lipinski definition) is 0. The normalized spacial score (nSPS) is 27.0. The van der Waals surface area contributed by atoms with Crippen LogP contribution in [0, 0.1) is 30.0 Å². The molecule has 2 heteroatoms. The fourth-order valence-corrected chi connectivity index (χ4v) is 4.56. The molecular formula is C20H27ClF. The molecule has 0 atom stereocenters. The first-order valence-corrected chi connectivity index (χ1v) is 9.36. The van der Waals surface area contributed by atoms with E-state index in [1.807, 2.05) is 6.07 Å². The molecule has 3 rings (SSSR count). The summed E-state index contributed by atoms with van der Waals surface area (Å²) < 4.78 is 13.5. The molecule has 2 fully saturated rings. The van der Waals surface area contributed by atoms with Crippen molar-refractivity contribution in [2.75, 3.05) is 0 Å². The number of halogens is 2. The van der Waals surface area contributed by atoms with Crippen molar-refractivity contribution >= 4 is 11.6 Å². The van der Waals surface area contributed by atoms with E-state index >= 15 is 0 Å². The van der Waals surface area contributed by atoms with E-state index in [9.17, 15) is 4.39 Å². The van der Waals surface area contributed by atoms with Gasteiger partial charge in [-0.15, -0.1) is 0 Å². The maximum absolute atomic E-state index is 13.5. The zero-order valence-electron chi connectivity index (χ0n) is 13.4. The van der Waals surface area contributed by atoms with E-state index in [1.54, 1.807) is 12.1 Å². The van der Waals surface area contributed by atoms with E-state index in [0.717, 1.165) is 29.7 Å². The highest BCUT2D eigenvalue weighted by Gasteiger charge is 2.28. The molecule has 22 heavy (non-hydrogen) atoms. The Kier molecular flexibility index (Phi) is 5.79. The highest BCUT2D eigenvalue weighted by molar-refractivity contribution is 6.30. The predicted molar refractivity (Wildman–Crippen MR) is 91.4 cm³/mol. The maximum atomic E-state index is 13.5. The van der Waals surface area contributed by atoms with Crippen LogP contribution in [0.2, 0.25) is 5.02 Å². The molecule has 0 amide bonds. The van der Waals surface area contributed by atoms with Crippen LogP contribution in [0.3, 0.4) is 0 Å². The summed E-state index contributed by atoms with van der Waals surface area (Å²) in [6.07, 6.45) is 15.8. The molecule has 0 aliphatic heterocycles. The van der Waals surface area contributed by atoms with E-state index in [-0.39, 0.29) is 10.8 Å².